The second kappa shape index (κ2) is 7.44. The Bertz CT molecular complexity index is 768. The van der Waals surface area contributed by atoms with Crippen molar-refractivity contribution in [3.63, 3.8) is 0 Å². The van der Waals surface area contributed by atoms with Gasteiger partial charge in [-0.15, -0.1) is 11.3 Å². The maximum atomic E-state index is 11.9. The lowest BCUT2D eigenvalue weighted by molar-refractivity contribution is -0.136. The fourth-order valence-electron chi connectivity index (χ4n) is 2.15. The van der Waals surface area contributed by atoms with Gasteiger partial charge in [0.15, 0.2) is 5.13 Å². The number of nitrogens with zero attached hydrogens (tertiary/aromatic N) is 1. The number of carbonyl (C=O) groups excluding carboxylic acids is 1. The lowest BCUT2D eigenvalue weighted by Crippen LogP contribution is -2.17. The Morgan fingerprint density at radius 1 is 1.38 bits per heavy atom. The molecule has 0 aliphatic heterocycles. The molecule has 0 saturated heterocycles. The highest BCUT2D eigenvalue weighted by molar-refractivity contribution is 7.16. The Balaban J connectivity index is 2.45. The predicted molar refractivity (Wildman–Crippen MR) is 93.6 cm³/mol. The number of aryl methyl sites for hydroxylation is 1. The third kappa shape index (κ3) is 4.11. The highest BCUT2D eigenvalue weighted by atomic mass is 32.1. The molecule has 1 aromatic carbocycles. The van der Waals surface area contributed by atoms with E-state index in [4.69, 9.17) is 9.84 Å². The molecule has 6 nitrogen and oxygen atoms in total. The summed E-state index contributed by atoms with van der Waals surface area (Å²) in [6, 6.07) is 5.52. The molecule has 2 aromatic rings. The molecule has 128 valence electrons. The van der Waals surface area contributed by atoms with Crippen LogP contribution in [0.1, 0.15) is 24.3 Å². The van der Waals surface area contributed by atoms with Crippen LogP contribution in [0.3, 0.4) is 0 Å². The first-order valence-corrected chi connectivity index (χ1v) is 8.30. The number of rotatable bonds is 6. The lowest BCUT2D eigenvalue weighted by Gasteiger charge is -2.07. The van der Waals surface area contributed by atoms with E-state index >= 15 is 0 Å². The first-order chi connectivity index (χ1) is 11.3. The average Bonchev–Trinajstić information content (AvgIpc) is 2.88. The molecule has 0 bridgehead atoms. The van der Waals surface area contributed by atoms with Gasteiger partial charge >= 0.3 is 5.97 Å². The van der Waals surface area contributed by atoms with E-state index < -0.39 is 5.97 Å². The second-order valence-electron chi connectivity index (χ2n) is 5.69. The standard InChI is InChI=1S/C17H20N2O4S/c1-9(2)16(22)19-17-18-15(13(24-17)8-14(20)21)12-6-5-11(23-4)7-10(12)3/h5-7,9H,8H2,1-4H3,(H,20,21)(H,18,19,22). The number of benzene rings is 1. The van der Waals surface area contributed by atoms with Gasteiger partial charge < -0.3 is 15.2 Å². The molecule has 0 aliphatic carbocycles. The van der Waals surface area contributed by atoms with Crippen molar-refractivity contribution < 1.29 is 19.4 Å². The van der Waals surface area contributed by atoms with Crippen LogP contribution in [0.4, 0.5) is 5.13 Å². The highest BCUT2D eigenvalue weighted by Crippen LogP contribution is 2.34. The summed E-state index contributed by atoms with van der Waals surface area (Å²) in [4.78, 5) is 28.1. The topological polar surface area (TPSA) is 88.5 Å². The molecule has 0 aliphatic rings. The van der Waals surface area contributed by atoms with Gasteiger partial charge in [-0.1, -0.05) is 13.8 Å². The largest absolute Gasteiger partial charge is 0.497 e. The van der Waals surface area contributed by atoms with Gasteiger partial charge in [-0.2, -0.15) is 0 Å². The number of nitrogens with one attached hydrogen (secondary N) is 1. The number of carboxylic acids is 1. The summed E-state index contributed by atoms with van der Waals surface area (Å²) in [5.74, 6) is -0.543. The van der Waals surface area contributed by atoms with E-state index in [0.29, 0.717) is 15.7 Å². The van der Waals surface area contributed by atoms with E-state index in [2.05, 4.69) is 10.3 Å². The minimum Gasteiger partial charge on any atom is -0.497 e. The Kier molecular flexibility index (Phi) is 5.56. The quantitative estimate of drug-likeness (QED) is 0.836. The predicted octanol–water partition coefficient (Wildman–Crippen LogP) is 3.35. The number of hydrogen-bond acceptors (Lipinski definition) is 5. The normalized spacial score (nSPS) is 10.7. The summed E-state index contributed by atoms with van der Waals surface area (Å²) < 4.78 is 5.20. The van der Waals surface area contributed by atoms with E-state index in [1.54, 1.807) is 27.0 Å². The van der Waals surface area contributed by atoms with Crippen molar-refractivity contribution in [3.05, 3.63) is 28.6 Å². The number of amides is 1. The van der Waals surface area contributed by atoms with Gasteiger partial charge in [0.05, 0.1) is 19.2 Å². The zero-order valence-corrected chi connectivity index (χ0v) is 14.9. The molecule has 1 amide bonds. The average molecular weight is 348 g/mol. The minimum absolute atomic E-state index is 0.143. The number of carboxylic acid groups (broad SMARTS) is 1. The highest BCUT2D eigenvalue weighted by Gasteiger charge is 2.19. The summed E-state index contributed by atoms with van der Waals surface area (Å²) in [5.41, 5.74) is 2.34. The van der Waals surface area contributed by atoms with Gasteiger partial charge in [0.25, 0.3) is 0 Å². The summed E-state index contributed by atoms with van der Waals surface area (Å²) in [7, 11) is 1.59. The van der Waals surface area contributed by atoms with Gasteiger partial charge in [-0.05, 0) is 30.7 Å². The van der Waals surface area contributed by atoms with Crippen molar-refractivity contribution in [2.24, 2.45) is 5.92 Å². The number of methoxy groups -OCH3 is 1. The molecule has 1 heterocycles. The number of aliphatic carboxylic acids is 1. The maximum absolute atomic E-state index is 11.9. The van der Waals surface area contributed by atoms with E-state index in [1.165, 1.54) is 11.3 Å². The van der Waals surface area contributed by atoms with Gasteiger partial charge in [0, 0.05) is 16.4 Å². The van der Waals surface area contributed by atoms with Crippen molar-refractivity contribution in [1.29, 1.82) is 0 Å². The first-order valence-electron chi connectivity index (χ1n) is 7.49. The van der Waals surface area contributed by atoms with E-state index in [0.717, 1.165) is 16.9 Å². The Labute approximate surface area is 144 Å². The Hall–Kier alpha value is -2.41. The molecule has 0 radical (unpaired) electrons. The molecular formula is C17H20N2O4S. The molecule has 0 spiro atoms. The van der Waals surface area contributed by atoms with Crippen LogP contribution in [0.25, 0.3) is 11.3 Å². The van der Waals surface area contributed by atoms with Crippen LogP contribution >= 0.6 is 11.3 Å². The van der Waals surface area contributed by atoms with Crippen LogP contribution < -0.4 is 10.1 Å². The summed E-state index contributed by atoms with van der Waals surface area (Å²) in [5, 5.41) is 12.3. The number of anilines is 1. The molecule has 0 unspecified atom stereocenters. The van der Waals surface area contributed by atoms with Crippen LogP contribution in [0, 0.1) is 12.8 Å². The minimum atomic E-state index is -0.937. The van der Waals surface area contributed by atoms with Crippen LogP contribution in [-0.4, -0.2) is 29.1 Å². The second-order valence-corrected chi connectivity index (χ2v) is 6.77. The third-order valence-corrected chi connectivity index (χ3v) is 4.42. The number of aromatic nitrogens is 1. The number of ether oxygens (including phenoxy) is 1. The number of carbonyl (C=O) groups is 2. The Morgan fingerprint density at radius 3 is 2.62 bits per heavy atom. The van der Waals surface area contributed by atoms with Gasteiger partial charge in [-0.3, -0.25) is 9.59 Å². The van der Waals surface area contributed by atoms with Gasteiger partial charge in [0.1, 0.15) is 5.75 Å². The zero-order valence-electron chi connectivity index (χ0n) is 14.0. The molecule has 1 aromatic heterocycles. The monoisotopic (exact) mass is 348 g/mol. The maximum Gasteiger partial charge on any atom is 0.308 e. The number of hydrogen-bond donors (Lipinski definition) is 2. The molecule has 24 heavy (non-hydrogen) atoms. The molecule has 2 N–H and O–H groups in total. The summed E-state index contributed by atoms with van der Waals surface area (Å²) in [6.45, 7) is 5.49. The molecule has 2 rings (SSSR count). The molecule has 7 heteroatoms. The lowest BCUT2D eigenvalue weighted by atomic mass is 10.0. The van der Waals surface area contributed by atoms with E-state index in [9.17, 15) is 9.59 Å². The summed E-state index contributed by atoms with van der Waals surface area (Å²) >= 11 is 1.19. The molecule has 0 atom stereocenters. The fraction of sp³-hybridized carbons (Fsp3) is 0.353. The van der Waals surface area contributed by atoms with Crippen molar-refractivity contribution in [2.45, 2.75) is 27.2 Å². The third-order valence-electron chi connectivity index (χ3n) is 3.45. The van der Waals surface area contributed by atoms with Crippen LogP contribution in [-0.2, 0) is 16.0 Å². The van der Waals surface area contributed by atoms with Crippen molar-refractivity contribution in [2.75, 3.05) is 12.4 Å². The SMILES string of the molecule is COc1ccc(-c2nc(NC(=O)C(C)C)sc2CC(=O)O)c(C)c1. The molecule has 0 saturated carbocycles. The van der Waals surface area contributed by atoms with Gasteiger partial charge in [0.2, 0.25) is 5.91 Å². The zero-order chi connectivity index (χ0) is 17.9. The first kappa shape index (κ1) is 17.9. The summed E-state index contributed by atoms with van der Waals surface area (Å²) in [6.07, 6.45) is -0.143. The van der Waals surface area contributed by atoms with Crippen LogP contribution in [0.5, 0.6) is 5.75 Å². The van der Waals surface area contributed by atoms with Gasteiger partial charge in [-0.25, -0.2) is 4.98 Å². The fourth-order valence-corrected chi connectivity index (χ4v) is 3.12. The Morgan fingerprint density at radius 2 is 2.08 bits per heavy atom. The molecular weight excluding hydrogens is 328 g/mol. The van der Waals surface area contributed by atoms with Crippen molar-refractivity contribution in [3.8, 4) is 17.0 Å². The molecule has 0 fully saturated rings. The number of thiazole rings is 1. The van der Waals surface area contributed by atoms with Crippen molar-refractivity contribution in [1.82, 2.24) is 4.98 Å². The van der Waals surface area contributed by atoms with E-state index in [1.807, 2.05) is 19.1 Å². The van der Waals surface area contributed by atoms with Crippen LogP contribution in [0.15, 0.2) is 18.2 Å². The smallest absolute Gasteiger partial charge is 0.308 e. The van der Waals surface area contributed by atoms with Crippen molar-refractivity contribution >= 4 is 28.3 Å². The van der Waals surface area contributed by atoms with Crippen LogP contribution in [0.2, 0.25) is 0 Å². The van der Waals surface area contributed by atoms with E-state index in [-0.39, 0.29) is 18.2 Å².